The number of hydrogen-bond acceptors (Lipinski definition) is 17. The molecule has 0 aliphatic heterocycles. The monoisotopic (exact) mass is 986 g/mol. The number of amides is 5. The normalized spacial score (nSPS) is 13.2. The number of nitrogens with one attached hydrogen (secondary N) is 5. The van der Waals surface area contributed by atoms with Crippen LogP contribution in [0.25, 0.3) is 0 Å². The fourth-order valence-electron chi connectivity index (χ4n) is 6.62. The number of ether oxygens (including phenoxy) is 3. The average Bonchev–Trinajstić information content (AvgIpc) is 3.31. The first-order valence-electron chi connectivity index (χ1n) is 23.6. The van der Waals surface area contributed by atoms with E-state index in [4.69, 9.17) is 48.6 Å². The van der Waals surface area contributed by atoms with Crippen LogP contribution in [0.15, 0.2) is 12.1 Å². The maximum Gasteiger partial charge on any atom is 0.328 e. The standard InChI is InChI=1S/C45H83N11O11S/c1-27(2)16-33(42(60)55-34(25-57)45(63)64)54-44(62)39(28(3)4)56-43(61)35(26-68)53-38(58)8-6-5-7-12-52-41(59)32-17-36(65-13-9-29(19-46)20-47)40(67-15-11-31(23-50)24-51)37(18-32)66-14-10-30(21-48)22-49/h17-18,27-31,33-35,39,57,68H,5-16,19-26,46-51H2,1-4H3,(H,52,59)(H,53,58)(H,54,62)(H,55,60)(H,56,61)(H,63,64)/t33-,34-,35-,39-/m0/s1. The number of carboxylic acids is 1. The Bertz CT molecular complexity index is 1630. The lowest BCUT2D eigenvalue weighted by Crippen LogP contribution is -2.59. The molecule has 0 saturated heterocycles. The molecule has 0 bridgehead atoms. The summed E-state index contributed by atoms with van der Waals surface area (Å²) in [5.41, 5.74) is 35.4. The van der Waals surface area contributed by atoms with E-state index in [-0.39, 0.29) is 80.1 Å². The van der Waals surface area contributed by atoms with Crippen LogP contribution in [0.3, 0.4) is 0 Å². The van der Waals surface area contributed by atoms with E-state index < -0.39 is 66.3 Å². The smallest absolute Gasteiger partial charge is 0.328 e. The summed E-state index contributed by atoms with van der Waals surface area (Å²) in [5, 5.41) is 31.6. The summed E-state index contributed by atoms with van der Waals surface area (Å²) in [7, 11) is 0. The quantitative estimate of drug-likeness (QED) is 0.0266. The van der Waals surface area contributed by atoms with Gasteiger partial charge in [-0.05, 0) is 120 Å². The Balaban J connectivity index is 2.98. The van der Waals surface area contributed by atoms with Gasteiger partial charge < -0.3 is 85.4 Å². The van der Waals surface area contributed by atoms with Crippen LogP contribution in [-0.2, 0) is 24.0 Å². The Labute approximate surface area is 407 Å². The molecule has 1 rings (SSSR count). The van der Waals surface area contributed by atoms with Crippen LogP contribution in [0.2, 0.25) is 0 Å². The number of benzene rings is 1. The fraction of sp³-hybridized carbons (Fsp3) is 0.733. The molecule has 4 atom stereocenters. The molecule has 0 spiro atoms. The van der Waals surface area contributed by atoms with Crippen molar-refractivity contribution in [3.8, 4) is 17.2 Å². The van der Waals surface area contributed by atoms with Gasteiger partial charge >= 0.3 is 5.97 Å². The Morgan fingerprint density at radius 3 is 1.56 bits per heavy atom. The van der Waals surface area contributed by atoms with Gasteiger partial charge in [0.05, 0.1) is 26.4 Å². The van der Waals surface area contributed by atoms with Gasteiger partial charge in [0.15, 0.2) is 11.5 Å². The van der Waals surface area contributed by atoms with Gasteiger partial charge in [-0.15, -0.1) is 0 Å². The molecule has 5 amide bonds. The third kappa shape index (κ3) is 23.2. The Morgan fingerprint density at radius 2 is 1.12 bits per heavy atom. The summed E-state index contributed by atoms with van der Waals surface area (Å²) < 4.78 is 18.6. The number of rotatable bonds is 38. The van der Waals surface area contributed by atoms with Crippen LogP contribution >= 0.6 is 12.6 Å². The van der Waals surface area contributed by atoms with Crippen molar-refractivity contribution >= 4 is 48.1 Å². The maximum atomic E-state index is 13.6. The lowest BCUT2D eigenvalue weighted by Gasteiger charge is -2.28. The SMILES string of the molecule is CC(C)C[C@H](NC(=O)[C@@H](NC(=O)[C@H](CS)NC(=O)CCCCCNC(=O)c1cc(OCCC(CN)CN)c(OCCC(CN)CN)c(OCCC(CN)CN)c1)C(C)C)C(=O)N[C@@H](CO)C(=O)O. The van der Waals surface area contributed by atoms with Crippen LogP contribution in [0.5, 0.6) is 17.2 Å². The van der Waals surface area contributed by atoms with Gasteiger partial charge in [-0.3, -0.25) is 24.0 Å². The summed E-state index contributed by atoms with van der Waals surface area (Å²) in [4.78, 5) is 77.6. The summed E-state index contributed by atoms with van der Waals surface area (Å²) in [5.74, 6) is -3.96. The van der Waals surface area contributed by atoms with Crippen molar-refractivity contribution in [2.75, 3.05) is 78.0 Å². The lowest BCUT2D eigenvalue weighted by atomic mass is 9.99. The van der Waals surface area contributed by atoms with Crippen LogP contribution < -0.4 is 75.2 Å². The molecular formula is C45H83N11O11S. The number of nitrogens with two attached hydrogens (primary N) is 6. The third-order valence-corrected chi connectivity index (χ3v) is 11.6. The largest absolute Gasteiger partial charge is 0.490 e. The predicted molar refractivity (Wildman–Crippen MR) is 263 cm³/mol. The minimum absolute atomic E-state index is 0.0358. The van der Waals surface area contributed by atoms with Gasteiger partial charge in [0, 0.05) is 24.3 Å². The molecule has 23 heteroatoms. The van der Waals surface area contributed by atoms with Crippen molar-refractivity contribution in [3.63, 3.8) is 0 Å². The molecule has 390 valence electrons. The average molecular weight is 986 g/mol. The minimum Gasteiger partial charge on any atom is -0.490 e. The van der Waals surface area contributed by atoms with Crippen molar-refractivity contribution in [1.82, 2.24) is 26.6 Å². The second kappa shape index (κ2) is 34.7. The zero-order valence-corrected chi connectivity index (χ0v) is 41.4. The second-order valence-electron chi connectivity index (χ2n) is 17.6. The number of carbonyl (C=O) groups is 6. The topological polar surface area (TPSA) is 387 Å². The lowest BCUT2D eigenvalue weighted by molar-refractivity contribution is -0.143. The Kier molecular flexibility index (Phi) is 31.4. The molecule has 19 N–H and O–H groups in total. The highest BCUT2D eigenvalue weighted by molar-refractivity contribution is 7.80. The molecule has 22 nitrogen and oxygen atoms in total. The molecule has 0 aliphatic rings. The van der Waals surface area contributed by atoms with Gasteiger partial charge in [-0.1, -0.05) is 34.1 Å². The number of thiol groups is 1. The Morgan fingerprint density at radius 1 is 0.632 bits per heavy atom. The number of aliphatic hydroxyl groups is 1. The number of aliphatic hydroxyl groups excluding tert-OH is 1. The van der Waals surface area contributed by atoms with E-state index in [1.165, 1.54) is 0 Å². The molecule has 68 heavy (non-hydrogen) atoms. The first-order valence-corrected chi connectivity index (χ1v) is 24.3. The number of carboxylic acid groups (broad SMARTS) is 1. The highest BCUT2D eigenvalue weighted by Crippen LogP contribution is 2.40. The van der Waals surface area contributed by atoms with Crippen LogP contribution in [0.4, 0.5) is 0 Å². The fourth-order valence-corrected chi connectivity index (χ4v) is 6.88. The van der Waals surface area contributed by atoms with Gasteiger partial charge in [-0.2, -0.15) is 12.6 Å². The highest BCUT2D eigenvalue weighted by atomic mass is 32.1. The van der Waals surface area contributed by atoms with Crippen LogP contribution in [-0.4, -0.2) is 148 Å². The van der Waals surface area contributed by atoms with Crippen molar-refractivity contribution in [2.24, 2.45) is 64.0 Å². The van der Waals surface area contributed by atoms with E-state index in [1.54, 1.807) is 26.0 Å². The zero-order valence-electron chi connectivity index (χ0n) is 40.5. The Hall–Kier alpha value is -4.49. The third-order valence-electron chi connectivity index (χ3n) is 11.2. The number of hydrogen-bond donors (Lipinski definition) is 14. The second-order valence-corrected chi connectivity index (χ2v) is 18.0. The molecule has 0 unspecified atom stereocenters. The van der Waals surface area contributed by atoms with E-state index in [0.717, 1.165) is 0 Å². The summed E-state index contributed by atoms with van der Waals surface area (Å²) in [6.45, 7) is 9.57. The highest BCUT2D eigenvalue weighted by Gasteiger charge is 2.33. The van der Waals surface area contributed by atoms with Crippen LogP contribution in [0.1, 0.15) is 89.4 Å². The zero-order chi connectivity index (χ0) is 51.2. The molecule has 0 heterocycles. The number of unbranched alkanes of at least 4 members (excludes halogenated alkanes) is 2. The van der Waals surface area contributed by atoms with Gasteiger partial charge in [0.25, 0.3) is 5.91 Å². The first-order chi connectivity index (χ1) is 32.4. The van der Waals surface area contributed by atoms with Gasteiger partial charge in [-0.25, -0.2) is 4.79 Å². The van der Waals surface area contributed by atoms with E-state index in [9.17, 15) is 39.0 Å². The summed E-state index contributed by atoms with van der Waals surface area (Å²) in [6, 6.07) is -1.74. The van der Waals surface area contributed by atoms with Crippen LogP contribution in [0, 0.1) is 29.6 Å². The van der Waals surface area contributed by atoms with E-state index in [0.29, 0.717) is 95.0 Å². The number of carbonyl (C=O) groups excluding carboxylic acids is 5. The molecular weight excluding hydrogens is 903 g/mol. The molecule has 0 radical (unpaired) electrons. The van der Waals surface area contributed by atoms with E-state index in [2.05, 4.69) is 39.2 Å². The predicted octanol–water partition coefficient (Wildman–Crippen LogP) is -1.47. The van der Waals surface area contributed by atoms with Crippen molar-refractivity contribution < 1.29 is 53.2 Å². The van der Waals surface area contributed by atoms with E-state index >= 15 is 0 Å². The van der Waals surface area contributed by atoms with Crippen molar-refractivity contribution in [2.45, 2.75) is 103 Å². The van der Waals surface area contributed by atoms with E-state index in [1.807, 2.05) is 13.8 Å². The molecule has 0 aliphatic carbocycles. The number of aliphatic carboxylic acids is 1. The minimum atomic E-state index is -1.57. The molecule has 1 aromatic carbocycles. The first kappa shape index (κ1) is 61.5. The molecule has 0 fully saturated rings. The maximum absolute atomic E-state index is 13.6. The van der Waals surface area contributed by atoms with Gasteiger partial charge in [0.1, 0.15) is 24.2 Å². The summed E-state index contributed by atoms with van der Waals surface area (Å²) in [6.07, 6.45) is 3.49. The molecule has 0 aromatic heterocycles. The molecule has 1 aromatic rings. The summed E-state index contributed by atoms with van der Waals surface area (Å²) >= 11 is 4.25. The van der Waals surface area contributed by atoms with Gasteiger partial charge in [0.2, 0.25) is 29.4 Å². The molecule has 0 saturated carbocycles. The van der Waals surface area contributed by atoms with Crippen molar-refractivity contribution in [1.29, 1.82) is 0 Å². The van der Waals surface area contributed by atoms with Crippen molar-refractivity contribution in [3.05, 3.63) is 17.7 Å².